The standard InChI is InChI=1S/C22H23BrF3NO7S2/c1-4-32-21(29)27(10-11-35-5-2)34-20(28)16-13-15(7-9-19(16)36(3,30)31)33-18-8-6-14(23)12-17(18)22(24,25)26/h6-9,12-13H,4-5,10-11H2,1-3H3. The zero-order valence-corrected chi connectivity index (χ0v) is 22.6. The quantitative estimate of drug-likeness (QED) is 0.253. The molecule has 36 heavy (non-hydrogen) atoms. The number of sulfone groups is 1. The van der Waals surface area contributed by atoms with E-state index in [0.717, 1.165) is 42.3 Å². The molecule has 0 atom stereocenters. The molecule has 198 valence electrons. The first-order valence-corrected chi connectivity index (χ1v) is 14.2. The van der Waals surface area contributed by atoms with Crippen LogP contribution in [0.1, 0.15) is 29.8 Å². The first-order valence-electron chi connectivity index (χ1n) is 10.4. The highest BCUT2D eigenvalue weighted by atomic mass is 79.9. The van der Waals surface area contributed by atoms with Gasteiger partial charge in [0.05, 0.1) is 29.2 Å². The Morgan fingerprint density at radius 3 is 2.39 bits per heavy atom. The molecule has 0 heterocycles. The van der Waals surface area contributed by atoms with Crippen LogP contribution in [0.3, 0.4) is 0 Å². The Bertz CT molecular complexity index is 1210. The van der Waals surface area contributed by atoms with Crippen molar-refractivity contribution in [3.05, 3.63) is 52.0 Å². The lowest BCUT2D eigenvalue weighted by Crippen LogP contribution is -2.36. The predicted octanol–water partition coefficient (Wildman–Crippen LogP) is 5.95. The molecule has 0 saturated heterocycles. The molecule has 0 saturated carbocycles. The van der Waals surface area contributed by atoms with E-state index in [1.165, 1.54) is 17.8 Å². The van der Waals surface area contributed by atoms with E-state index in [-0.39, 0.29) is 23.4 Å². The van der Waals surface area contributed by atoms with Crippen LogP contribution in [0.5, 0.6) is 11.5 Å². The van der Waals surface area contributed by atoms with Gasteiger partial charge in [-0.1, -0.05) is 22.9 Å². The van der Waals surface area contributed by atoms with Crippen LogP contribution >= 0.6 is 27.7 Å². The number of hydroxylamine groups is 2. The Hall–Kier alpha value is -2.45. The number of hydrogen-bond donors (Lipinski definition) is 0. The molecule has 0 aromatic heterocycles. The largest absolute Gasteiger partial charge is 0.457 e. The number of carbonyl (C=O) groups is 2. The van der Waals surface area contributed by atoms with E-state index in [4.69, 9.17) is 14.3 Å². The van der Waals surface area contributed by atoms with Crippen LogP contribution in [0.2, 0.25) is 0 Å². The molecule has 14 heteroatoms. The van der Waals surface area contributed by atoms with Gasteiger partial charge in [-0.15, -0.1) is 5.06 Å². The Morgan fingerprint density at radius 1 is 1.11 bits per heavy atom. The van der Waals surface area contributed by atoms with Gasteiger partial charge < -0.3 is 14.3 Å². The first-order chi connectivity index (χ1) is 16.8. The summed E-state index contributed by atoms with van der Waals surface area (Å²) >= 11 is 4.44. The number of carbonyl (C=O) groups excluding carboxylic acids is 2. The molecule has 2 aromatic carbocycles. The molecule has 8 nitrogen and oxygen atoms in total. The highest BCUT2D eigenvalue weighted by Crippen LogP contribution is 2.40. The Kier molecular flexibility index (Phi) is 10.5. The number of ether oxygens (including phenoxy) is 2. The molecular formula is C22H23BrF3NO7S2. The fourth-order valence-corrected chi connectivity index (χ4v) is 4.61. The van der Waals surface area contributed by atoms with Crippen molar-refractivity contribution in [1.29, 1.82) is 0 Å². The second-order valence-electron chi connectivity index (χ2n) is 7.05. The predicted molar refractivity (Wildman–Crippen MR) is 131 cm³/mol. The summed E-state index contributed by atoms with van der Waals surface area (Å²) in [6.45, 7) is 3.41. The molecule has 0 aliphatic heterocycles. The first kappa shape index (κ1) is 29.8. The lowest BCUT2D eigenvalue weighted by Gasteiger charge is -2.21. The van der Waals surface area contributed by atoms with Gasteiger partial charge in [-0.25, -0.2) is 18.0 Å². The summed E-state index contributed by atoms with van der Waals surface area (Å²) in [7, 11) is -3.97. The van der Waals surface area contributed by atoms with Gasteiger partial charge in [-0.2, -0.15) is 24.9 Å². The van der Waals surface area contributed by atoms with Crippen molar-refractivity contribution in [1.82, 2.24) is 5.06 Å². The summed E-state index contributed by atoms with van der Waals surface area (Å²) < 4.78 is 75.3. The number of benzene rings is 2. The molecule has 0 N–H and O–H groups in total. The van der Waals surface area contributed by atoms with E-state index in [9.17, 15) is 31.2 Å². The number of nitrogens with zero attached hydrogens (tertiary/aromatic N) is 1. The van der Waals surface area contributed by atoms with Crippen LogP contribution in [0.15, 0.2) is 45.8 Å². The van der Waals surface area contributed by atoms with Gasteiger partial charge in [0.1, 0.15) is 11.5 Å². The van der Waals surface area contributed by atoms with Crippen molar-refractivity contribution in [3.8, 4) is 11.5 Å². The molecule has 0 unspecified atom stereocenters. The third-order valence-electron chi connectivity index (χ3n) is 4.35. The van der Waals surface area contributed by atoms with Crippen molar-refractivity contribution in [2.45, 2.75) is 24.9 Å². The molecule has 0 bridgehead atoms. The minimum atomic E-state index is -4.75. The van der Waals surface area contributed by atoms with Crippen LogP contribution in [-0.2, 0) is 25.6 Å². The summed E-state index contributed by atoms with van der Waals surface area (Å²) in [6.07, 6.45) is -4.86. The third kappa shape index (κ3) is 8.30. The SMILES string of the molecule is CCOC(=O)N(CCSCC)OC(=O)c1cc(Oc2ccc(Br)cc2C(F)(F)F)ccc1S(C)(=O)=O. The molecule has 2 rings (SSSR count). The van der Waals surface area contributed by atoms with E-state index in [1.807, 2.05) is 6.92 Å². The number of amides is 1. The molecular weight excluding hydrogens is 591 g/mol. The van der Waals surface area contributed by atoms with E-state index >= 15 is 0 Å². The molecule has 0 spiro atoms. The fraction of sp³-hybridized carbons (Fsp3) is 0.364. The van der Waals surface area contributed by atoms with Gasteiger partial charge in [-0.05, 0) is 49.1 Å². The van der Waals surface area contributed by atoms with Crippen molar-refractivity contribution in [2.24, 2.45) is 0 Å². The maximum atomic E-state index is 13.5. The molecule has 0 fully saturated rings. The van der Waals surface area contributed by atoms with Crippen molar-refractivity contribution < 1.29 is 45.5 Å². The number of hydrogen-bond acceptors (Lipinski definition) is 8. The number of thioether (sulfide) groups is 1. The second-order valence-corrected chi connectivity index (χ2v) is 11.3. The van der Waals surface area contributed by atoms with Crippen LogP contribution < -0.4 is 4.74 Å². The van der Waals surface area contributed by atoms with Crippen LogP contribution in [0.25, 0.3) is 0 Å². The summed E-state index contributed by atoms with van der Waals surface area (Å²) in [5.74, 6) is -0.928. The monoisotopic (exact) mass is 613 g/mol. The Balaban J connectivity index is 2.46. The van der Waals surface area contributed by atoms with Crippen molar-refractivity contribution in [3.63, 3.8) is 0 Å². The average Bonchev–Trinajstić information content (AvgIpc) is 2.78. The summed E-state index contributed by atoms with van der Waals surface area (Å²) in [5, 5.41) is 0.657. The van der Waals surface area contributed by atoms with Crippen LogP contribution in [0, 0.1) is 0 Å². The van der Waals surface area contributed by atoms with Gasteiger partial charge in [0.15, 0.2) is 9.84 Å². The average molecular weight is 614 g/mol. The normalized spacial score (nSPS) is 11.6. The lowest BCUT2D eigenvalue weighted by atomic mass is 10.2. The maximum absolute atomic E-state index is 13.5. The second kappa shape index (κ2) is 12.7. The van der Waals surface area contributed by atoms with E-state index in [2.05, 4.69) is 15.9 Å². The van der Waals surface area contributed by atoms with Crippen molar-refractivity contribution in [2.75, 3.05) is 30.9 Å². The Morgan fingerprint density at radius 2 is 1.81 bits per heavy atom. The summed E-state index contributed by atoms with van der Waals surface area (Å²) in [6, 6.07) is 6.27. The van der Waals surface area contributed by atoms with E-state index in [0.29, 0.717) is 10.8 Å². The minimum Gasteiger partial charge on any atom is -0.457 e. The Labute approximate surface area is 219 Å². The molecule has 0 aliphatic carbocycles. The van der Waals surface area contributed by atoms with E-state index in [1.54, 1.807) is 6.92 Å². The third-order valence-corrected chi connectivity index (χ3v) is 6.88. The summed E-state index contributed by atoms with van der Waals surface area (Å²) in [5.41, 5.74) is -1.62. The van der Waals surface area contributed by atoms with Gasteiger partial charge in [0, 0.05) is 16.5 Å². The van der Waals surface area contributed by atoms with Crippen LogP contribution in [0.4, 0.5) is 18.0 Å². The number of halogens is 4. The molecule has 0 aliphatic rings. The van der Waals surface area contributed by atoms with Gasteiger partial charge >= 0.3 is 18.2 Å². The van der Waals surface area contributed by atoms with Crippen molar-refractivity contribution >= 4 is 49.6 Å². The molecule has 2 aromatic rings. The number of alkyl halides is 3. The minimum absolute atomic E-state index is 0.000444. The maximum Gasteiger partial charge on any atom is 0.443 e. The van der Waals surface area contributed by atoms with Gasteiger partial charge in [0.25, 0.3) is 0 Å². The fourth-order valence-electron chi connectivity index (χ4n) is 2.81. The zero-order valence-electron chi connectivity index (χ0n) is 19.4. The highest BCUT2D eigenvalue weighted by molar-refractivity contribution is 9.10. The molecule has 0 radical (unpaired) electrons. The number of rotatable bonds is 9. The zero-order chi connectivity index (χ0) is 27.1. The lowest BCUT2D eigenvalue weighted by molar-refractivity contribution is -0.138. The molecule has 1 amide bonds. The van der Waals surface area contributed by atoms with Gasteiger partial charge in [-0.3, -0.25) is 0 Å². The van der Waals surface area contributed by atoms with Gasteiger partial charge in [0.2, 0.25) is 0 Å². The topological polar surface area (TPSA) is 99.2 Å². The summed E-state index contributed by atoms with van der Waals surface area (Å²) in [4.78, 5) is 29.8. The smallest absolute Gasteiger partial charge is 0.443 e. The van der Waals surface area contributed by atoms with E-state index < -0.39 is 49.8 Å². The highest BCUT2D eigenvalue weighted by Gasteiger charge is 2.35. The van der Waals surface area contributed by atoms with Crippen LogP contribution in [-0.4, -0.2) is 56.5 Å².